The van der Waals surface area contributed by atoms with Crippen molar-refractivity contribution >= 4 is 11.6 Å². The molecule has 0 saturated heterocycles. The van der Waals surface area contributed by atoms with Gasteiger partial charge in [0, 0.05) is 20.2 Å². The van der Waals surface area contributed by atoms with E-state index in [0.29, 0.717) is 0 Å². The van der Waals surface area contributed by atoms with Crippen LogP contribution in [0.5, 0.6) is 0 Å². The minimum atomic E-state index is -0.448. The summed E-state index contributed by atoms with van der Waals surface area (Å²) in [7, 11) is 3.87. The molecule has 1 aromatic rings. The van der Waals surface area contributed by atoms with Gasteiger partial charge < -0.3 is 10.2 Å². The fraction of sp³-hybridized carbons (Fsp3) is 0.615. The molecule has 0 amide bonds. The Morgan fingerprint density at radius 1 is 1.28 bits per heavy atom. The molecule has 18 heavy (non-hydrogen) atoms. The highest BCUT2D eigenvalue weighted by molar-refractivity contribution is 5.50. The summed E-state index contributed by atoms with van der Waals surface area (Å²) in [4.78, 5) is 10.3. The maximum absolute atomic E-state index is 9.42. The molecule has 0 aliphatic heterocycles. The first-order valence-corrected chi connectivity index (χ1v) is 6.34. The van der Waals surface area contributed by atoms with Gasteiger partial charge in [0.1, 0.15) is 23.5 Å². The van der Waals surface area contributed by atoms with Crippen LogP contribution in [0.2, 0.25) is 0 Å². The van der Waals surface area contributed by atoms with E-state index in [9.17, 15) is 5.26 Å². The first-order valence-electron chi connectivity index (χ1n) is 6.34. The second-order valence-electron chi connectivity index (χ2n) is 5.04. The summed E-state index contributed by atoms with van der Waals surface area (Å²) in [5, 5.41) is 12.7. The molecule has 0 spiro atoms. The van der Waals surface area contributed by atoms with Crippen molar-refractivity contribution in [2.45, 2.75) is 37.6 Å². The molecule has 0 unspecified atom stereocenters. The standard InChI is InChI=1S/C13H19N5/c1-18(2)12-8-11(15-10-16-12)17-13(9-14)6-4-3-5-7-13/h8,10H,3-7H2,1-2H3,(H,15,16,17). The van der Waals surface area contributed by atoms with Gasteiger partial charge in [-0.25, -0.2) is 9.97 Å². The highest BCUT2D eigenvalue weighted by Crippen LogP contribution is 2.30. The average molecular weight is 245 g/mol. The molecule has 0 bridgehead atoms. The van der Waals surface area contributed by atoms with Crippen LogP contribution in [0, 0.1) is 11.3 Å². The fourth-order valence-electron chi connectivity index (χ4n) is 2.33. The number of nitriles is 1. The molecule has 2 rings (SSSR count). The molecule has 1 aliphatic carbocycles. The van der Waals surface area contributed by atoms with Gasteiger partial charge in [0.25, 0.3) is 0 Å². The van der Waals surface area contributed by atoms with Gasteiger partial charge in [-0.1, -0.05) is 19.3 Å². The molecule has 1 saturated carbocycles. The third-order valence-electron chi connectivity index (χ3n) is 3.40. The van der Waals surface area contributed by atoms with Crippen molar-refractivity contribution < 1.29 is 0 Å². The second-order valence-corrected chi connectivity index (χ2v) is 5.04. The zero-order valence-corrected chi connectivity index (χ0v) is 11.0. The lowest BCUT2D eigenvalue weighted by atomic mass is 9.83. The summed E-state index contributed by atoms with van der Waals surface area (Å²) < 4.78 is 0. The second kappa shape index (κ2) is 5.21. The van der Waals surface area contributed by atoms with Crippen molar-refractivity contribution in [1.82, 2.24) is 9.97 Å². The predicted octanol–water partition coefficient (Wildman–Crippen LogP) is 2.18. The fourth-order valence-corrected chi connectivity index (χ4v) is 2.33. The van der Waals surface area contributed by atoms with Crippen LogP contribution in [0.25, 0.3) is 0 Å². The summed E-state index contributed by atoms with van der Waals surface area (Å²) in [6.07, 6.45) is 6.75. The lowest BCUT2D eigenvalue weighted by Crippen LogP contribution is -2.39. The van der Waals surface area contributed by atoms with E-state index < -0.39 is 5.54 Å². The summed E-state index contributed by atoms with van der Waals surface area (Å²) in [5.74, 6) is 1.58. The van der Waals surface area contributed by atoms with Crippen LogP contribution in [0.1, 0.15) is 32.1 Å². The number of aromatic nitrogens is 2. The first-order chi connectivity index (χ1) is 8.65. The lowest BCUT2D eigenvalue weighted by molar-refractivity contribution is 0.392. The number of anilines is 2. The molecule has 0 atom stereocenters. The van der Waals surface area contributed by atoms with Crippen LogP contribution >= 0.6 is 0 Å². The normalized spacial score (nSPS) is 17.8. The van der Waals surface area contributed by atoms with Crippen LogP contribution in [-0.2, 0) is 0 Å². The summed E-state index contributed by atoms with van der Waals surface area (Å²) >= 11 is 0. The Morgan fingerprint density at radius 2 is 2.00 bits per heavy atom. The molecule has 0 radical (unpaired) electrons. The van der Waals surface area contributed by atoms with E-state index in [1.165, 1.54) is 12.7 Å². The summed E-state index contributed by atoms with van der Waals surface area (Å²) in [6, 6.07) is 4.31. The number of nitrogens with zero attached hydrogens (tertiary/aromatic N) is 4. The molecule has 96 valence electrons. The predicted molar refractivity (Wildman–Crippen MR) is 71.4 cm³/mol. The van der Waals surface area contributed by atoms with Crippen LogP contribution in [0.15, 0.2) is 12.4 Å². The Bertz CT molecular complexity index is 443. The smallest absolute Gasteiger partial charge is 0.133 e. The van der Waals surface area contributed by atoms with Crippen molar-refractivity contribution in [3.8, 4) is 6.07 Å². The zero-order valence-electron chi connectivity index (χ0n) is 11.0. The van der Waals surface area contributed by atoms with Crippen molar-refractivity contribution in [3.63, 3.8) is 0 Å². The minimum Gasteiger partial charge on any atom is -0.363 e. The van der Waals surface area contributed by atoms with Gasteiger partial charge in [0.2, 0.25) is 0 Å². The van der Waals surface area contributed by atoms with Gasteiger partial charge in [-0.15, -0.1) is 0 Å². The quantitative estimate of drug-likeness (QED) is 0.884. The Labute approximate surface area is 108 Å². The van der Waals surface area contributed by atoms with Gasteiger partial charge in [0.15, 0.2) is 0 Å². The average Bonchev–Trinajstić information content (AvgIpc) is 2.40. The van der Waals surface area contributed by atoms with Crippen molar-refractivity contribution in [1.29, 1.82) is 5.26 Å². The summed E-state index contributed by atoms with van der Waals surface area (Å²) in [5.41, 5.74) is -0.448. The maximum atomic E-state index is 9.42. The molecular formula is C13H19N5. The van der Waals surface area contributed by atoms with E-state index in [4.69, 9.17) is 0 Å². The Kier molecular flexibility index (Phi) is 3.66. The molecule has 1 aliphatic rings. The van der Waals surface area contributed by atoms with Gasteiger partial charge in [-0.05, 0) is 12.8 Å². The molecule has 1 N–H and O–H groups in total. The van der Waals surface area contributed by atoms with E-state index in [2.05, 4.69) is 21.4 Å². The third-order valence-corrected chi connectivity index (χ3v) is 3.40. The molecule has 5 heteroatoms. The molecule has 1 heterocycles. The van der Waals surface area contributed by atoms with E-state index in [1.54, 1.807) is 0 Å². The SMILES string of the molecule is CN(C)c1cc(NC2(C#N)CCCCC2)ncn1. The Morgan fingerprint density at radius 3 is 2.61 bits per heavy atom. The summed E-state index contributed by atoms with van der Waals surface area (Å²) in [6.45, 7) is 0. The monoisotopic (exact) mass is 245 g/mol. The van der Waals surface area contributed by atoms with Crippen molar-refractivity contribution in [3.05, 3.63) is 12.4 Å². The zero-order chi connectivity index (χ0) is 13.0. The minimum absolute atomic E-state index is 0.448. The third kappa shape index (κ3) is 2.70. The maximum Gasteiger partial charge on any atom is 0.133 e. The van der Waals surface area contributed by atoms with Crippen molar-refractivity contribution in [2.24, 2.45) is 0 Å². The first kappa shape index (κ1) is 12.6. The van der Waals surface area contributed by atoms with Crippen LogP contribution in [0.4, 0.5) is 11.6 Å². The molecule has 0 aromatic carbocycles. The van der Waals surface area contributed by atoms with Gasteiger partial charge in [-0.2, -0.15) is 5.26 Å². The van der Waals surface area contributed by atoms with Gasteiger partial charge in [-0.3, -0.25) is 0 Å². The van der Waals surface area contributed by atoms with E-state index in [0.717, 1.165) is 37.3 Å². The topological polar surface area (TPSA) is 64.8 Å². The van der Waals surface area contributed by atoms with E-state index >= 15 is 0 Å². The van der Waals surface area contributed by atoms with Crippen LogP contribution in [0.3, 0.4) is 0 Å². The highest BCUT2D eigenvalue weighted by atomic mass is 15.2. The largest absolute Gasteiger partial charge is 0.363 e. The molecule has 5 nitrogen and oxygen atoms in total. The van der Waals surface area contributed by atoms with Crippen molar-refractivity contribution in [2.75, 3.05) is 24.3 Å². The molecule has 1 aromatic heterocycles. The van der Waals surface area contributed by atoms with Crippen LogP contribution in [-0.4, -0.2) is 29.6 Å². The molecule has 1 fully saturated rings. The number of hydrogen-bond donors (Lipinski definition) is 1. The van der Waals surface area contributed by atoms with E-state index in [-0.39, 0.29) is 0 Å². The number of nitrogens with one attached hydrogen (secondary N) is 1. The lowest BCUT2D eigenvalue weighted by Gasteiger charge is -2.32. The number of hydrogen-bond acceptors (Lipinski definition) is 5. The van der Waals surface area contributed by atoms with E-state index in [1.807, 2.05) is 25.1 Å². The van der Waals surface area contributed by atoms with Crippen LogP contribution < -0.4 is 10.2 Å². The molecular weight excluding hydrogens is 226 g/mol. The number of rotatable bonds is 3. The highest BCUT2D eigenvalue weighted by Gasteiger charge is 2.32. The Balaban J connectivity index is 2.17. The van der Waals surface area contributed by atoms with Gasteiger partial charge >= 0.3 is 0 Å². The Hall–Kier alpha value is -1.83. The van der Waals surface area contributed by atoms with Gasteiger partial charge in [0.05, 0.1) is 6.07 Å².